The maximum Gasteiger partial charge on any atom is 0.410 e. The standard InChI is InChI=1S/C16H23O5P/c1-6-19-15(17)13(2)21-22(18,20-12-16(3,4)5)14-10-8-7-9-11-14/h7-11H,2,6,12H2,1,3-5H3. The summed E-state index contributed by atoms with van der Waals surface area (Å²) in [6.45, 7) is 11.4. The molecular formula is C16H23O5P. The van der Waals surface area contributed by atoms with Gasteiger partial charge in [-0.1, -0.05) is 39.0 Å². The van der Waals surface area contributed by atoms with Crippen LogP contribution in [-0.4, -0.2) is 19.2 Å². The van der Waals surface area contributed by atoms with Gasteiger partial charge in [0.05, 0.1) is 18.5 Å². The maximum atomic E-state index is 13.1. The lowest BCUT2D eigenvalue weighted by atomic mass is 9.99. The molecule has 0 aliphatic heterocycles. The van der Waals surface area contributed by atoms with Crippen LogP contribution in [0, 0.1) is 5.41 Å². The second-order valence-corrected chi connectivity index (χ2v) is 7.85. The van der Waals surface area contributed by atoms with Gasteiger partial charge in [0.2, 0.25) is 5.76 Å². The van der Waals surface area contributed by atoms with Crippen molar-refractivity contribution in [3.63, 3.8) is 0 Å². The summed E-state index contributed by atoms with van der Waals surface area (Å²) in [6.07, 6.45) is 0. The van der Waals surface area contributed by atoms with Gasteiger partial charge in [-0.25, -0.2) is 9.36 Å². The van der Waals surface area contributed by atoms with Crippen LogP contribution < -0.4 is 5.30 Å². The van der Waals surface area contributed by atoms with Crippen LogP contribution in [0.25, 0.3) is 0 Å². The number of carbonyl (C=O) groups is 1. The van der Waals surface area contributed by atoms with Gasteiger partial charge in [-0.05, 0) is 31.1 Å². The number of esters is 1. The van der Waals surface area contributed by atoms with E-state index in [-0.39, 0.29) is 24.4 Å². The van der Waals surface area contributed by atoms with Gasteiger partial charge in [-0.3, -0.25) is 4.52 Å². The topological polar surface area (TPSA) is 61.8 Å². The lowest BCUT2D eigenvalue weighted by Gasteiger charge is -2.24. The molecule has 1 aromatic carbocycles. The van der Waals surface area contributed by atoms with Crippen LogP contribution in [0.2, 0.25) is 0 Å². The van der Waals surface area contributed by atoms with E-state index in [1.807, 2.05) is 20.8 Å². The van der Waals surface area contributed by atoms with Crippen molar-refractivity contribution >= 4 is 18.9 Å². The summed E-state index contributed by atoms with van der Waals surface area (Å²) in [4.78, 5) is 11.6. The molecule has 1 atom stereocenters. The quantitative estimate of drug-likeness (QED) is 0.331. The molecule has 0 aromatic heterocycles. The number of hydrogen-bond acceptors (Lipinski definition) is 5. The van der Waals surface area contributed by atoms with E-state index in [0.717, 1.165) is 0 Å². The number of ether oxygens (including phenoxy) is 1. The lowest BCUT2D eigenvalue weighted by molar-refractivity contribution is -0.141. The Balaban J connectivity index is 2.99. The second kappa shape index (κ2) is 7.61. The van der Waals surface area contributed by atoms with Crippen molar-refractivity contribution in [3.05, 3.63) is 42.7 Å². The predicted molar refractivity (Wildman–Crippen MR) is 85.9 cm³/mol. The van der Waals surface area contributed by atoms with E-state index in [0.29, 0.717) is 5.30 Å². The Bertz CT molecular complexity index is 560. The average Bonchev–Trinajstić information content (AvgIpc) is 2.45. The van der Waals surface area contributed by atoms with Gasteiger partial charge in [-0.2, -0.15) is 0 Å². The first kappa shape index (κ1) is 18.5. The summed E-state index contributed by atoms with van der Waals surface area (Å²) in [5, 5.41) is 0.365. The minimum atomic E-state index is -3.70. The zero-order valence-electron chi connectivity index (χ0n) is 13.5. The molecule has 1 rings (SSSR count). The molecular weight excluding hydrogens is 303 g/mol. The van der Waals surface area contributed by atoms with Gasteiger partial charge in [0.25, 0.3) is 0 Å². The molecule has 1 unspecified atom stereocenters. The Hall–Kier alpha value is -1.58. The van der Waals surface area contributed by atoms with Crippen LogP contribution in [0.15, 0.2) is 42.7 Å². The van der Waals surface area contributed by atoms with Crippen LogP contribution in [-0.2, 0) is 23.1 Å². The molecule has 0 aliphatic rings. The molecule has 1 aromatic rings. The summed E-state index contributed by atoms with van der Waals surface area (Å²) in [5.41, 5.74) is -0.209. The van der Waals surface area contributed by atoms with Crippen LogP contribution in [0.3, 0.4) is 0 Å². The van der Waals surface area contributed by atoms with E-state index in [2.05, 4.69) is 6.58 Å². The fraction of sp³-hybridized carbons (Fsp3) is 0.438. The first-order valence-electron chi connectivity index (χ1n) is 7.04. The minimum Gasteiger partial charge on any atom is -0.460 e. The third kappa shape index (κ3) is 5.66. The summed E-state index contributed by atoms with van der Waals surface area (Å²) in [7, 11) is -3.70. The highest BCUT2D eigenvalue weighted by atomic mass is 31.2. The molecule has 0 amide bonds. The van der Waals surface area contributed by atoms with Gasteiger partial charge in [0.1, 0.15) is 0 Å². The molecule has 0 radical (unpaired) electrons. The SMILES string of the molecule is C=C(OP(=O)(OCC(C)(C)C)c1ccccc1)C(=O)OCC. The number of benzene rings is 1. The van der Waals surface area contributed by atoms with Gasteiger partial charge in [0, 0.05) is 0 Å². The molecule has 0 saturated carbocycles. The Labute approximate surface area is 131 Å². The fourth-order valence-corrected chi connectivity index (χ4v) is 3.20. The molecule has 0 bridgehead atoms. The zero-order chi connectivity index (χ0) is 16.8. The van der Waals surface area contributed by atoms with Crippen molar-refractivity contribution in [2.75, 3.05) is 13.2 Å². The third-order valence-electron chi connectivity index (χ3n) is 2.47. The first-order valence-corrected chi connectivity index (χ1v) is 8.58. The van der Waals surface area contributed by atoms with Crippen LogP contribution in [0.5, 0.6) is 0 Å². The Kier molecular flexibility index (Phi) is 6.39. The van der Waals surface area contributed by atoms with E-state index in [4.69, 9.17) is 13.8 Å². The molecule has 0 N–H and O–H groups in total. The normalized spacial score (nSPS) is 14.0. The van der Waals surface area contributed by atoms with Crippen molar-refractivity contribution in [1.82, 2.24) is 0 Å². The average molecular weight is 326 g/mol. The highest BCUT2D eigenvalue weighted by molar-refractivity contribution is 7.62. The smallest absolute Gasteiger partial charge is 0.410 e. The van der Waals surface area contributed by atoms with E-state index < -0.39 is 13.6 Å². The van der Waals surface area contributed by atoms with Crippen molar-refractivity contribution in [3.8, 4) is 0 Å². The summed E-state index contributed by atoms with van der Waals surface area (Å²) < 4.78 is 28.7. The first-order chi connectivity index (χ1) is 10.2. The number of hydrogen-bond donors (Lipinski definition) is 0. The summed E-state index contributed by atoms with van der Waals surface area (Å²) >= 11 is 0. The predicted octanol–water partition coefficient (Wildman–Crippen LogP) is 3.66. The lowest BCUT2D eigenvalue weighted by Crippen LogP contribution is -2.19. The van der Waals surface area contributed by atoms with Gasteiger partial charge < -0.3 is 9.26 Å². The van der Waals surface area contributed by atoms with Crippen molar-refractivity contribution in [1.29, 1.82) is 0 Å². The molecule has 0 fully saturated rings. The molecule has 0 saturated heterocycles. The third-order valence-corrected chi connectivity index (χ3v) is 4.33. The van der Waals surface area contributed by atoms with E-state index in [1.54, 1.807) is 37.3 Å². The number of rotatable bonds is 7. The zero-order valence-corrected chi connectivity index (χ0v) is 14.4. The second-order valence-electron chi connectivity index (χ2n) is 5.90. The molecule has 22 heavy (non-hydrogen) atoms. The molecule has 0 heterocycles. The van der Waals surface area contributed by atoms with Crippen LogP contribution >= 0.6 is 7.60 Å². The molecule has 0 aliphatic carbocycles. The molecule has 5 nitrogen and oxygen atoms in total. The Morgan fingerprint density at radius 1 is 1.23 bits per heavy atom. The monoisotopic (exact) mass is 326 g/mol. The van der Waals surface area contributed by atoms with Gasteiger partial charge >= 0.3 is 13.6 Å². The molecule has 0 spiro atoms. The van der Waals surface area contributed by atoms with Gasteiger partial charge in [-0.15, -0.1) is 0 Å². The summed E-state index contributed by atoms with van der Waals surface area (Å²) in [5.74, 6) is -1.08. The minimum absolute atomic E-state index is 0.180. The van der Waals surface area contributed by atoms with Crippen LogP contribution in [0.1, 0.15) is 27.7 Å². The number of carbonyl (C=O) groups excluding carboxylic acids is 1. The van der Waals surface area contributed by atoms with E-state index in [9.17, 15) is 9.36 Å². The van der Waals surface area contributed by atoms with E-state index >= 15 is 0 Å². The van der Waals surface area contributed by atoms with Crippen molar-refractivity contribution < 1.29 is 23.1 Å². The van der Waals surface area contributed by atoms with E-state index in [1.165, 1.54) is 0 Å². The maximum absolute atomic E-state index is 13.1. The van der Waals surface area contributed by atoms with Crippen molar-refractivity contribution in [2.24, 2.45) is 5.41 Å². The molecule has 6 heteroatoms. The summed E-state index contributed by atoms with van der Waals surface area (Å²) in [6, 6.07) is 8.49. The Morgan fingerprint density at radius 2 is 1.82 bits per heavy atom. The highest BCUT2D eigenvalue weighted by Crippen LogP contribution is 2.50. The Morgan fingerprint density at radius 3 is 2.32 bits per heavy atom. The molecule has 122 valence electrons. The largest absolute Gasteiger partial charge is 0.460 e. The fourth-order valence-electron chi connectivity index (χ4n) is 1.44. The van der Waals surface area contributed by atoms with Crippen molar-refractivity contribution in [2.45, 2.75) is 27.7 Å². The van der Waals surface area contributed by atoms with Gasteiger partial charge in [0.15, 0.2) is 0 Å². The van der Waals surface area contributed by atoms with Crippen LogP contribution in [0.4, 0.5) is 0 Å². The highest BCUT2D eigenvalue weighted by Gasteiger charge is 2.33.